The summed E-state index contributed by atoms with van der Waals surface area (Å²) < 4.78 is 6.57. The van der Waals surface area contributed by atoms with Crippen molar-refractivity contribution in [3.05, 3.63) is 17.3 Å². The molecule has 2 aromatic rings. The summed E-state index contributed by atoms with van der Waals surface area (Å²) in [5.41, 5.74) is 7.55. The highest BCUT2D eigenvalue weighted by atomic mass is 32.1. The van der Waals surface area contributed by atoms with Crippen LogP contribution in [0.3, 0.4) is 0 Å². The van der Waals surface area contributed by atoms with Crippen molar-refractivity contribution in [3.8, 4) is 5.88 Å². The first-order valence-electron chi connectivity index (χ1n) is 4.84. The summed E-state index contributed by atoms with van der Waals surface area (Å²) in [5.74, 6) is 0.673. The van der Waals surface area contributed by atoms with Crippen LogP contribution in [0.25, 0.3) is 10.2 Å². The fraction of sp³-hybridized carbons (Fsp3) is 0.400. The smallest absolute Gasteiger partial charge is 0.234 e. The van der Waals surface area contributed by atoms with E-state index in [1.165, 1.54) is 5.56 Å². The van der Waals surface area contributed by atoms with E-state index in [-0.39, 0.29) is 0 Å². The molecule has 5 heteroatoms. The lowest BCUT2D eigenvalue weighted by atomic mass is 10.3. The molecule has 0 unspecified atom stereocenters. The van der Waals surface area contributed by atoms with Gasteiger partial charge in [-0.3, -0.25) is 0 Å². The molecule has 0 spiro atoms. The van der Waals surface area contributed by atoms with E-state index < -0.39 is 0 Å². The Kier molecular flexibility index (Phi) is 3.13. The molecule has 0 aromatic carbocycles. The predicted molar refractivity (Wildman–Crippen MR) is 61.3 cm³/mol. The Morgan fingerprint density at radius 2 is 2.33 bits per heavy atom. The average molecular weight is 223 g/mol. The quantitative estimate of drug-likeness (QED) is 0.802. The van der Waals surface area contributed by atoms with Gasteiger partial charge in [0.05, 0.1) is 12.1 Å². The highest BCUT2D eigenvalue weighted by Gasteiger charge is 2.08. The Balaban J connectivity index is 2.26. The van der Waals surface area contributed by atoms with Crippen LogP contribution < -0.4 is 10.5 Å². The van der Waals surface area contributed by atoms with Crippen molar-refractivity contribution < 1.29 is 4.74 Å². The van der Waals surface area contributed by atoms with Gasteiger partial charge < -0.3 is 10.5 Å². The van der Waals surface area contributed by atoms with Crippen molar-refractivity contribution >= 4 is 21.6 Å². The molecule has 0 aliphatic rings. The minimum absolute atomic E-state index is 0.611. The number of fused-ring (bicyclic) bond motifs is 1. The molecule has 0 saturated heterocycles. The lowest BCUT2D eigenvalue weighted by Gasteiger charge is -2.04. The van der Waals surface area contributed by atoms with Gasteiger partial charge in [0.25, 0.3) is 0 Å². The average Bonchev–Trinajstić information content (AvgIpc) is 2.62. The minimum atomic E-state index is 0.611. The highest BCUT2D eigenvalue weighted by Crippen LogP contribution is 2.29. The molecule has 0 atom stereocenters. The lowest BCUT2D eigenvalue weighted by Crippen LogP contribution is -2.06. The van der Waals surface area contributed by atoms with Gasteiger partial charge in [0.1, 0.15) is 11.0 Å². The second kappa shape index (κ2) is 4.55. The van der Waals surface area contributed by atoms with Crippen LogP contribution in [-0.4, -0.2) is 23.1 Å². The third-order valence-corrected chi connectivity index (χ3v) is 3.16. The number of thiophene rings is 1. The summed E-state index contributed by atoms with van der Waals surface area (Å²) in [6.07, 6.45) is 2.38. The number of hydrogen-bond donors (Lipinski definition) is 1. The summed E-state index contributed by atoms with van der Waals surface area (Å²) >= 11 is 1.62. The summed E-state index contributed by atoms with van der Waals surface area (Å²) in [6.45, 7) is 3.28. The van der Waals surface area contributed by atoms with Gasteiger partial charge in [0.2, 0.25) is 5.88 Å². The van der Waals surface area contributed by atoms with Gasteiger partial charge in [0, 0.05) is 0 Å². The van der Waals surface area contributed by atoms with Gasteiger partial charge in [0.15, 0.2) is 0 Å². The molecule has 0 aliphatic heterocycles. The minimum Gasteiger partial charge on any atom is -0.477 e. The standard InChI is InChI=1S/C10H13N3OS/c1-7-5-15-9-8(7)12-6-13-10(9)14-4-2-3-11/h5-6H,2-4,11H2,1H3. The second-order valence-electron chi connectivity index (χ2n) is 3.27. The maximum absolute atomic E-state index is 5.55. The van der Waals surface area contributed by atoms with Gasteiger partial charge in [-0.15, -0.1) is 11.3 Å². The predicted octanol–water partition coefficient (Wildman–Crippen LogP) is 1.73. The molecule has 0 amide bonds. The molecule has 0 radical (unpaired) electrons. The normalized spacial score (nSPS) is 10.8. The molecule has 0 aliphatic carbocycles. The fourth-order valence-electron chi connectivity index (χ4n) is 1.30. The number of aryl methyl sites for hydroxylation is 1. The van der Waals surface area contributed by atoms with Gasteiger partial charge in [-0.2, -0.15) is 0 Å². The van der Waals surface area contributed by atoms with Crippen molar-refractivity contribution in [2.45, 2.75) is 13.3 Å². The Bertz CT molecular complexity index is 455. The van der Waals surface area contributed by atoms with Gasteiger partial charge in [-0.1, -0.05) is 0 Å². The SMILES string of the molecule is Cc1csc2c(OCCCN)ncnc12. The summed E-state index contributed by atoms with van der Waals surface area (Å²) in [7, 11) is 0. The van der Waals surface area contributed by atoms with Crippen LogP contribution in [-0.2, 0) is 0 Å². The van der Waals surface area contributed by atoms with E-state index in [4.69, 9.17) is 10.5 Å². The van der Waals surface area contributed by atoms with Crippen molar-refractivity contribution in [1.82, 2.24) is 9.97 Å². The Labute approximate surface area is 92.1 Å². The number of aromatic nitrogens is 2. The van der Waals surface area contributed by atoms with E-state index in [1.54, 1.807) is 17.7 Å². The van der Waals surface area contributed by atoms with E-state index in [9.17, 15) is 0 Å². The molecule has 0 bridgehead atoms. The molecule has 15 heavy (non-hydrogen) atoms. The maximum atomic E-state index is 5.55. The van der Waals surface area contributed by atoms with Crippen LogP contribution in [0, 0.1) is 6.92 Å². The van der Waals surface area contributed by atoms with Crippen LogP contribution in [0.1, 0.15) is 12.0 Å². The van der Waals surface area contributed by atoms with Crippen LogP contribution >= 0.6 is 11.3 Å². The van der Waals surface area contributed by atoms with E-state index >= 15 is 0 Å². The van der Waals surface area contributed by atoms with Crippen LogP contribution in [0.15, 0.2) is 11.7 Å². The molecule has 80 valence electrons. The number of nitrogens with two attached hydrogens (primary N) is 1. The number of nitrogens with zero attached hydrogens (tertiary/aromatic N) is 2. The lowest BCUT2D eigenvalue weighted by molar-refractivity contribution is 0.305. The molecular weight excluding hydrogens is 210 g/mol. The topological polar surface area (TPSA) is 61.0 Å². The van der Waals surface area contributed by atoms with E-state index in [1.807, 2.05) is 6.92 Å². The molecule has 2 rings (SSSR count). The van der Waals surface area contributed by atoms with Crippen LogP contribution in [0.5, 0.6) is 5.88 Å². The monoisotopic (exact) mass is 223 g/mol. The fourth-order valence-corrected chi connectivity index (χ4v) is 2.25. The maximum Gasteiger partial charge on any atom is 0.234 e. The van der Waals surface area contributed by atoms with Crippen molar-refractivity contribution in [1.29, 1.82) is 0 Å². The molecule has 0 fully saturated rings. The largest absolute Gasteiger partial charge is 0.477 e. The Morgan fingerprint density at radius 3 is 3.13 bits per heavy atom. The van der Waals surface area contributed by atoms with Gasteiger partial charge >= 0.3 is 0 Å². The number of rotatable bonds is 4. The molecule has 4 nitrogen and oxygen atoms in total. The van der Waals surface area contributed by atoms with Gasteiger partial charge in [-0.05, 0) is 30.8 Å². The molecule has 2 N–H and O–H groups in total. The molecule has 2 aromatic heterocycles. The van der Waals surface area contributed by atoms with Crippen LogP contribution in [0.4, 0.5) is 0 Å². The first kappa shape index (κ1) is 10.3. The molecular formula is C10H13N3OS. The summed E-state index contributed by atoms with van der Waals surface area (Å²) in [6, 6.07) is 0. The number of hydrogen-bond acceptors (Lipinski definition) is 5. The van der Waals surface area contributed by atoms with E-state index in [0.717, 1.165) is 16.6 Å². The third kappa shape index (κ3) is 2.08. The zero-order valence-corrected chi connectivity index (χ0v) is 9.38. The van der Waals surface area contributed by atoms with Gasteiger partial charge in [-0.25, -0.2) is 9.97 Å². The summed E-state index contributed by atoms with van der Waals surface area (Å²) in [5, 5.41) is 2.06. The Hall–Kier alpha value is -1.20. The second-order valence-corrected chi connectivity index (χ2v) is 4.15. The zero-order chi connectivity index (χ0) is 10.7. The number of ether oxygens (including phenoxy) is 1. The van der Waals surface area contributed by atoms with E-state index in [0.29, 0.717) is 19.0 Å². The zero-order valence-electron chi connectivity index (χ0n) is 8.56. The molecule has 0 saturated carbocycles. The van der Waals surface area contributed by atoms with E-state index in [2.05, 4.69) is 15.3 Å². The van der Waals surface area contributed by atoms with Crippen molar-refractivity contribution in [2.24, 2.45) is 5.73 Å². The van der Waals surface area contributed by atoms with Crippen molar-refractivity contribution in [3.63, 3.8) is 0 Å². The highest BCUT2D eigenvalue weighted by molar-refractivity contribution is 7.17. The third-order valence-electron chi connectivity index (χ3n) is 2.09. The van der Waals surface area contributed by atoms with Crippen LogP contribution in [0.2, 0.25) is 0 Å². The summed E-state index contributed by atoms with van der Waals surface area (Å²) in [4.78, 5) is 8.35. The Morgan fingerprint density at radius 1 is 1.47 bits per heavy atom. The first-order valence-corrected chi connectivity index (χ1v) is 5.72. The molecule has 2 heterocycles. The van der Waals surface area contributed by atoms with Crippen molar-refractivity contribution in [2.75, 3.05) is 13.2 Å². The first-order chi connectivity index (χ1) is 7.33.